The molecule has 2 atom stereocenters. The molecule has 17 heavy (non-hydrogen) atoms. The molecule has 3 aliphatic rings. The van der Waals surface area contributed by atoms with Gasteiger partial charge in [0.2, 0.25) is 10.0 Å². The number of halogens is 1. The second-order valence-corrected chi connectivity index (χ2v) is 9.15. The van der Waals surface area contributed by atoms with Gasteiger partial charge in [0.05, 0.1) is 5.25 Å². The Hall–Kier alpha value is 0.390. The van der Waals surface area contributed by atoms with Crippen molar-refractivity contribution < 1.29 is 8.42 Å². The molecule has 2 aliphatic heterocycles. The van der Waals surface area contributed by atoms with E-state index in [0.29, 0.717) is 4.83 Å². The number of sulfonamides is 1. The van der Waals surface area contributed by atoms with Gasteiger partial charge in [0, 0.05) is 16.9 Å². The summed E-state index contributed by atoms with van der Waals surface area (Å²) >= 11 is 3.67. The van der Waals surface area contributed by atoms with Crippen molar-refractivity contribution in [1.82, 2.24) is 4.31 Å². The molecule has 0 aromatic rings. The zero-order valence-corrected chi connectivity index (χ0v) is 12.4. The first kappa shape index (κ1) is 12.4. The second kappa shape index (κ2) is 4.49. The van der Waals surface area contributed by atoms with Crippen LogP contribution in [0.5, 0.6) is 0 Å². The summed E-state index contributed by atoms with van der Waals surface area (Å²) in [5.74, 6) is 0. The quantitative estimate of drug-likeness (QED) is 0.733. The zero-order valence-electron chi connectivity index (χ0n) is 10.0. The lowest BCUT2D eigenvalue weighted by Gasteiger charge is -2.37. The van der Waals surface area contributed by atoms with Gasteiger partial charge in [0.1, 0.15) is 0 Å². The number of alkyl halides is 1. The van der Waals surface area contributed by atoms with Crippen molar-refractivity contribution in [3.05, 3.63) is 0 Å². The normalized spacial score (nSPS) is 39.9. The Balaban J connectivity index is 1.84. The van der Waals surface area contributed by atoms with E-state index in [-0.39, 0.29) is 17.3 Å². The highest BCUT2D eigenvalue weighted by Crippen LogP contribution is 2.42. The SMILES string of the molecule is O=S(=O)(C1CCCC1)N1C2CCC1CC(Br)C2. The molecule has 3 fully saturated rings. The first-order valence-electron chi connectivity index (χ1n) is 6.75. The number of piperidine rings is 1. The summed E-state index contributed by atoms with van der Waals surface area (Å²) in [5.41, 5.74) is 0. The van der Waals surface area contributed by atoms with E-state index in [1.807, 2.05) is 4.31 Å². The van der Waals surface area contributed by atoms with Crippen LogP contribution in [0, 0.1) is 0 Å². The summed E-state index contributed by atoms with van der Waals surface area (Å²) in [6, 6.07) is 0.562. The first-order valence-corrected chi connectivity index (χ1v) is 9.17. The highest BCUT2D eigenvalue weighted by Gasteiger charge is 2.48. The Kier molecular flexibility index (Phi) is 3.28. The van der Waals surface area contributed by atoms with Crippen molar-refractivity contribution in [3.8, 4) is 0 Å². The highest BCUT2D eigenvalue weighted by atomic mass is 79.9. The molecule has 5 heteroatoms. The van der Waals surface area contributed by atoms with Crippen LogP contribution in [0.2, 0.25) is 0 Å². The van der Waals surface area contributed by atoms with Crippen LogP contribution in [0.25, 0.3) is 0 Å². The maximum absolute atomic E-state index is 12.7. The minimum Gasteiger partial charge on any atom is -0.212 e. The monoisotopic (exact) mass is 321 g/mol. The second-order valence-electron chi connectivity index (χ2n) is 5.74. The summed E-state index contributed by atoms with van der Waals surface area (Å²) in [4.78, 5) is 0.523. The van der Waals surface area contributed by atoms with E-state index < -0.39 is 10.0 Å². The van der Waals surface area contributed by atoms with E-state index >= 15 is 0 Å². The van der Waals surface area contributed by atoms with E-state index in [1.165, 1.54) is 0 Å². The van der Waals surface area contributed by atoms with E-state index in [9.17, 15) is 8.42 Å². The van der Waals surface area contributed by atoms with Crippen molar-refractivity contribution in [1.29, 1.82) is 0 Å². The van der Waals surface area contributed by atoms with Crippen LogP contribution in [-0.2, 0) is 10.0 Å². The Morgan fingerprint density at radius 3 is 2.00 bits per heavy atom. The average Bonchev–Trinajstić information content (AvgIpc) is 2.86. The maximum atomic E-state index is 12.7. The molecule has 1 saturated carbocycles. The van der Waals surface area contributed by atoms with Crippen molar-refractivity contribution in [2.24, 2.45) is 0 Å². The lowest BCUT2D eigenvalue weighted by molar-refractivity contribution is 0.252. The minimum atomic E-state index is -3.01. The molecular weight excluding hydrogens is 302 g/mol. The standard InChI is InChI=1S/C12H20BrNO2S/c13-9-7-10-5-6-11(8-9)14(10)17(15,16)12-3-1-2-4-12/h9-12H,1-8H2. The predicted molar refractivity (Wildman–Crippen MR) is 71.8 cm³/mol. The molecule has 2 bridgehead atoms. The summed E-state index contributed by atoms with van der Waals surface area (Å²) in [6.45, 7) is 0. The summed E-state index contributed by atoms with van der Waals surface area (Å²) < 4.78 is 27.2. The minimum absolute atomic E-state index is 0.0718. The van der Waals surface area contributed by atoms with Crippen LogP contribution in [0.3, 0.4) is 0 Å². The predicted octanol–water partition coefficient (Wildman–Crippen LogP) is 2.65. The molecule has 3 nitrogen and oxygen atoms in total. The highest BCUT2D eigenvalue weighted by molar-refractivity contribution is 9.09. The third kappa shape index (κ3) is 2.08. The summed E-state index contributed by atoms with van der Waals surface area (Å²) in [6.07, 6.45) is 8.09. The summed E-state index contributed by atoms with van der Waals surface area (Å²) in [7, 11) is -3.01. The number of hydrogen-bond acceptors (Lipinski definition) is 2. The third-order valence-corrected chi connectivity index (χ3v) is 7.87. The third-order valence-electron chi connectivity index (χ3n) is 4.63. The molecule has 0 spiro atoms. The summed E-state index contributed by atoms with van der Waals surface area (Å²) in [5, 5.41) is -0.0718. The molecule has 98 valence electrons. The molecule has 2 saturated heterocycles. The van der Waals surface area contributed by atoms with Crippen molar-refractivity contribution in [3.63, 3.8) is 0 Å². The van der Waals surface area contributed by atoms with Gasteiger partial charge in [-0.3, -0.25) is 0 Å². The van der Waals surface area contributed by atoms with Crippen LogP contribution in [0.1, 0.15) is 51.4 Å². The zero-order chi connectivity index (χ0) is 12.0. The Morgan fingerprint density at radius 2 is 1.47 bits per heavy atom. The van der Waals surface area contributed by atoms with Gasteiger partial charge in [-0.15, -0.1) is 0 Å². The van der Waals surface area contributed by atoms with Gasteiger partial charge in [0.25, 0.3) is 0 Å². The van der Waals surface area contributed by atoms with Crippen LogP contribution >= 0.6 is 15.9 Å². The van der Waals surface area contributed by atoms with Gasteiger partial charge in [-0.1, -0.05) is 28.8 Å². The fourth-order valence-electron chi connectivity index (χ4n) is 3.84. The van der Waals surface area contributed by atoms with E-state index in [2.05, 4.69) is 15.9 Å². The Labute approximate surface area is 112 Å². The molecule has 0 amide bonds. The van der Waals surface area contributed by atoms with Crippen molar-refractivity contribution in [2.45, 2.75) is 73.5 Å². The van der Waals surface area contributed by atoms with Gasteiger partial charge in [-0.05, 0) is 38.5 Å². The van der Waals surface area contributed by atoms with Crippen LogP contribution in [-0.4, -0.2) is 34.9 Å². The van der Waals surface area contributed by atoms with Crippen molar-refractivity contribution in [2.75, 3.05) is 0 Å². The molecular formula is C12H20BrNO2S. The Morgan fingerprint density at radius 1 is 0.941 bits per heavy atom. The molecule has 0 radical (unpaired) electrons. The smallest absolute Gasteiger partial charge is 0.212 e. The fourth-order valence-corrected chi connectivity index (χ4v) is 7.19. The topological polar surface area (TPSA) is 37.4 Å². The van der Waals surface area contributed by atoms with Gasteiger partial charge in [-0.2, -0.15) is 4.31 Å². The van der Waals surface area contributed by atoms with E-state index in [4.69, 9.17) is 0 Å². The fraction of sp³-hybridized carbons (Fsp3) is 1.00. The van der Waals surface area contributed by atoms with Gasteiger partial charge < -0.3 is 0 Å². The van der Waals surface area contributed by atoms with Crippen LogP contribution in [0.4, 0.5) is 0 Å². The number of rotatable bonds is 2. The molecule has 0 aromatic carbocycles. The molecule has 0 N–H and O–H groups in total. The maximum Gasteiger partial charge on any atom is 0.217 e. The van der Waals surface area contributed by atoms with E-state index in [0.717, 1.165) is 51.4 Å². The van der Waals surface area contributed by atoms with Gasteiger partial charge >= 0.3 is 0 Å². The number of hydrogen-bond donors (Lipinski definition) is 0. The number of nitrogens with zero attached hydrogens (tertiary/aromatic N) is 1. The Bertz CT molecular complexity index is 377. The molecule has 3 rings (SSSR count). The van der Waals surface area contributed by atoms with Crippen LogP contribution < -0.4 is 0 Å². The largest absolute Gasteiger partial charge is 0.217 e. The first-order chi connectivity index (χ1) is 8.09. The van der Waals surface area contributed by atoms with E-state index in [1.54, 1.807) is 0 Å². The number of fused-ring (bicyclic) bond motifs is 2. The lowest BCUT2D eigenvalue weighted by atomic mass is 10.1. The molecule has 1 aliphatic carbocycles. The van der Waals surface area contributed by atoms with Gasteiger partial charge in [0.15, 0.2) is 0 Å². The lowest BCUT2D eigenvalue weighted by Crippen LogP contribution is -2.49. The molecule has 0 aromatic heterocycles. The van der Waals surface area contributed by atoms with Gasteiger partial charge in [-0.25, -0.2) is 8.42 Å². The molecule has 2 unspecified atom stereocenters. The van der Waals surface area contributed by atoms with Crippen molar-refractivity contribution >= 4 is 26.0 Å². The van der Waals surface area contributed by atoms with Crippen LogP contribution in [0.15, 0.2) is 0 Å². The average molecular weight is 322 g/mol. The molecule has 2 heterocycles.